The van der Waals surface area contributed by atoms with E-state index < -0.39 is 5.97 Å². The Morgan fingerprint density at radius 2 is 2.03 bits per heavy atom. The summed E-state index contributed by atoms with van der Waals surface area (Å²) in [5.74, 6) is 0.0706. The average molecular weight is 446 g/mol. The highest BCUT2D eigenvalue weighted by Gasteiger charge is 2.47. The fourth-order valence-electron chi connectivity index (χ4n) is 4.30. The summed E-state index contributed by atoms with van der Waals surface area (Å²) >= 11 is 6.52. The van der Waals surface area contributed by atoms with Gasteiger partial charge in [-0.1, -0.05) is 18.5 Å². The number of methoxy groups -OCH3 is 1. The summed E-state index contributed by atoms with van der Waals surface area (Å²) in [5.41, 5.74) is 2.66. The zero-order chi connectivity index (χ0) is 22.2. The molecule has 1 atom stereocenters. The van der Waals surface area contributed by atoms with Gasteiger partial charge in [0.1, 0.15) is 11.3 Å². The Hall–Kier alpha value is -2.31. The molecular formula is C24H28ClNO5. The molecule has 7 heteroatoms. The van der Waals surface area contributed by atoms with Crippen molar-refractivity contribution in [1.82, 2.24) is 4.57 Å². The van der Waals surface area contributed by atoms with Gasteiger partial charge in [-0.25, -0.2) is 4.79 Å². The summed E-state index contributed by atoms with van der Waals surface area (Å²) in [5, 5.41) is 0.501. The van der Waals surface area contributed by atoms with Gasteiger partial charge in [0.05, 0.1) is 23.9 Å². The molecule has 1 unspecified atom stereocenters. The fourth-order valence-corrected chi connectivity index (χ4v) is 4.52. The van der Waals surface area contributed by atoms with E-state index in [-0.39, 0.29) is 29.1 Å². The van der Waals surface area contributed by atoms with Gasteiger partial charge >= 0.3 is 5.97 Å². The normalized spacial score (nSPS) is 18.1. The van der Waals surface area contributed by atoms with Gasteiger partial charge in [0.15, 0.2) is 5.43 Å². The van der Waals surface area contributed by atoms with Gasteiger partial charge in [-0.15, -0.1) is 0 Å². The van der Waals surface area contributed by atoms with Gasteiger partial charge < -0.3 is 18.8 Å². The first-order chi connectivity index (χ1) is 14.9. The zero-order valence-corrected chi connectivity index (χ0v) is 19.0. The van der Waals surface area contributed by atoms with Crippen LogP contribution in [0.5, 0.6) is 5.75 Å². The Morgan fingerprint density at radius 3 is 2.71 bits per heavy atom. The van der Waals surface area contributed by atoms with Crippen LogP contribution in [-0.2, 0) is 15.9 Å². The lowest BCUT2D eigenvalue weighted by molar-refractivity contribution is 0.0523. The van der Waals surface area contributed by atoms with E-state index in [1.807, 2.05) is 12.1 Å². The van der Waals surface area contributed by atoms with Gasteiger partial charge in [0, 0.05) is 44.0 Å². The predicted molar refractivity (Wildman–Crippen MR) is 119 cm³/mol. The number of ether oxygens (including phenoxy) is 3. The molecule has 166 valence electrons. The van der Waals surface area contributed by atoms with Crippen LogP contribution >= 0.6 is 11.6 Å². The number of hydrogen-bond acceptors (Lipinski definition) is 5. The van der Waals surface area contributed by atoms with Gasteiger partial charge in [-0.05, 0) is 49.3 Å². The second-order valence-electron chi connectivity index (χ2n) is 8.57. The number of hydrogen-bond donors (Lipinski definition) is 0. The Bertz CT molecular complexity index is 1060. The molecule has 0 amide bonds. The van der Waals surface area contributed by atoms with Crippen LogP contribution < -0.4 is 10.2 Å². The molecule has 0 radical (unpaired) electrons. The summed E-state index contributed by atoms with van der Waals surface area (Å²) in [6.45, 7) is 5.36. The topological polar surface area (TPSA) is 66.8 Å². The number of carbonyl (C=O) groups is 1. The van der Waals surface area contributed by atoms with Crippen LogP contribution in [0, 0.1) is 5.41 Å². The van der Waals surface area contributed by atoms with E-state index in [0.717, 1.165) is 42.5 Å². The van der Waals surface area contributed by atoms with Crippen molar-refractivity contribution in [2.45, 2.75) is 45.6 Å². The van der Waals surface area contributed by atoms with Crippen molar-refractivity contribution >= 4 is 17.6 Å². The lowest BCUT2D eigenvalue weighted by Crippen LogP contribution is -2.30. The van der Waals surface area contributed by atoms with Crippen LogP contribution in [0.15, 0.2) is 29.2 Å². The highest BCUT2D eigenvalue weighted by atomic mass is 35.5. The number of esters is 1. The first-order valence-corrected chi connectivity index (χ1v) is 11.1. The van der Waals surface area contributed by atoms with Crippen LogP contribution in [-0.4, -0.2) is 37.5 Å². The summed E-state index contributed by atoms with van der Waals surface area (Å²) in [4.78, 5) is 25.1. The van der Waals surface area contributed by atoms with E-state index in [0.29, 0.717) is 24.0 Å². The third kappa shape index (κ3) is 4.23. The number of rotatable bonds is 8. The maximum Gasteiger partial charge on any atom is 0.343 e. The van der Waals surface area contributed by atoms with E-state index in [1.165, 1.54) is 0 Å². The molecule has 6 nitrogen and oxygen atoms in total. The maximum absolute atomic E-state index is 12.8. The van der Waals surface area contributed by atoms with Gasteiger partial charge in [0.2, 0.25) is 0 Å². The van der Waals surface area contributed by atoms with Crippen LogP contribution in [0.2, 0.25) is 5.02 Å². The van der Waals surface area contributed by atoms with E-state index in [4.69, 9.17) is 25.8 Å². The molecule has 1 fully saturated rings. The first-order valence-electron chi connectivity index (χ1n) is 10.8. The van der Waals surface area contributed by atoms with Gasteiger partial charge in [0.25, 0.3) is 0 Å². The van der Waals surface area contributed by atoms with Gasteiger partial charge in [-0.3, -0.25) is 4.79 Å². The minimum Gasteiger partial charge on any atom is -0.492 e. The van der Waals surface area contributed by atoms with Crippen LogP contribution in [0.25, 0.3) is 11.3 Å². The highest BCUT2D eigenvalue weighted by Crippen LogP contribution is 2.57. The molecule has 2 aliphatic rings. The Kier molecular flexibility index (Phi) is 6.13. The molecule has 2 heterocycles. The minimum absolute atomic E-state index is 0.0764. The SMILES string of the molecule is CCOC(=O)c1cn2c(cc1=O)-c1cc(Cl)c(OCCCOC)cc1CC2C1(C)CC1. The monoisotopic (exact) mass is 445 g/mol. The summed E-state index contributed by atoms with van der Waals surface area (Å²) in [6.07, 6.45) is 5.47. The maximum atomic E-state index is 12.8. The lowest BCUT2D eigenvalue weighted by Gasteiger charge is -2.35. The molecule has 0 N–H and O–H groups in total. The molecule has 1 aliphatic carbocycles. The molecule has 1 aromatic heterocycles. The minimum atomic E-state index is -0.578. The third-order valence-electron chi connectivity index (χ3n) is 6.35. The zero-order valence-electron chi connectivity index (χ0n) is 18.2. The molecule has 0 saturated heterocycles. The van der Waals surface area contributed by atoms with Crippen LogP contribution in [0.4, 0.5) is 0 Å². The number of fused-ring (bicyclic) bond motifs is 3. The molecule has 0 spiro atoms. The van der Waals surface area contributed by atoms with E-state index in [9.17, 15) is 9.59 Å². The smallest absolute Gasteiger partial charge is 0.343 e. The number of carbonyl (C=O) groups excluding carboxylic acids is 1. The van der Waals surface area contributed by atoms with Crippen molar-refractivity contribution in [1.29, 1.82) is 0 Å². The molecule has 1 saturated carbocycles. The highest BCUT2D eigenvalue weighted by molar-refractivity contribution is 6.32. The summed E-state index contributed by atoms with van der Waals surface area (Å²) in [7, 11) is 1.66. The third-order valence-corrected chi connectivity index (χ3v) is 6.65. The molecule has 4 rings (SSSR count). The van der Waals surface area contributed by atoms with Crippen molar-refractivity contribution in [2.75, 3.05) is 26.9 Å². The number of aromatic nitrogens is 1. The van der Waals surface area contributed by atoms with Crippen molar-refractivity contribution < 1.29 is 19.0 Å². The van der Waals surface area contributed by atoms with Crippen molar-refractivity contribution in [2.24, 2.45) is 5.41 Å². The number of halogens is 1. The van der Waals surface area contributed by atoms with Crippen molar-refractivity contribution in [3.05, 3.63) is 50.8 Å². The Morgan fingerprint density at radius 1 is 1.26 bits per heavy atom. The molecule has 2 aromatic rings. The molecule has 0 bridgehead atoms. The summed E-state index contributed by atoms with van der Waals surface area (Å²) < 4.78 is 18.1. The van der Waals surface area contributed by atoms with Gasteiger partial charge in [-0.2, -0.15) is 0 Å². The molecule has 31 heavy (non-hydrogen) atoms. The average Bonchev–Trinajstić information content (AvgIpc) is 3.49. The summed E-state index contributed by atoms with van der Waals surface area (Å²) in [6, 6.07) is 5.55. The molecule has 1 aliphatic heterocycles. The quantitative estimate of drug-likeness (QED) is 0.436. The van der Waals surface area contributed by atoms with E-state index in [2.05, 4.69) is 11.5 Å². The standard InChI is InChI=1S/C24H28ClNO5/c1-4-30-23(28)17-14-26-19(13-20(17)27)16-12-18(25)21(31-9-5-8-29-3)10-15(16)11-22(26)24(2)6-7-24/h10,12-14,22H,4-9,11H2,1-3H3. The van der Waals surface area contributed by atoms with Crippen molar-refractivity contribution in [3.63, 3.8) is 0 Å². The number of pyridine rings is 1. The first kappa shape index (κ1) is 21.9. The lowest BCUT2D eigenvalue weighted by atomic mass is 9.85. The van der Waals surface area contributed by atoms with E-state index in [1.54, 1.807) is 26.3 Å². The second-order valence-corrected chi connectivity index (χ2v) is 8.98. The Balaban J connectivity index is 1.77. The predicted octanol–water partition coefficient (Wildman–Crippen LogP) is 4.66. The van der Waals surface area contributed by atoms with Crippen LogP contribution in [0.1, 0.15) is 55.1 Å². The fraction of sp³-hybridized carbons (Fsp3) is 0.500. The number of benzene rings is 1. The second kappa shape index (κ2) is 8.67. The molecular weight excluding hydrogens is 418 g/mol. The van der Waals surface area contributed by atoms with Crippen LogP contribution in [0.3, 0.4) is 0 Å². The van der Waals surface area contributed by atoms with Crippen molar-refractivity contribution in [3.8, 4) is 17.0 Å². The molecule has 1 aromatic carbocycles. The largest absolute Gasteiger partial charge is 0.492 e. The Labute approximate surface area is 187 Å². The number of nitrogens with zero attached hydrogens (tertiary/aromatic N) is 1. The van der Waals surface area contributed by atoms with E-state index >= 15 is 0 Å².